The van der Waals surface area contributed by atoms with Crippen LogP contribution in [0.1, 0.15) is 55.5 Å². The van der Waals surface area contributed by atoms with Crippen LogP contribution in [0.5, 0.6) is 0 Å². The van der Waals surface area contributed by atoms with Crippen molar-refractivity contribution in [3.05, 3.63) is 258 Å². The molecule has 0 aliphatic heterocycles. The summed E-state index contributed by atoms with van der Waals surface area (Å²) in [5, 5.41) is 2.52. The lowest BCUT2D eigenvalue weighted by atomic mass is 9.78. The molecule has 0 radical (unpaired) electrons. The van der Waals surface area contributed by atoms with Crippen LogP contribution in [0.4, 0.5) is 0 Å². The quantitative estimate of drug-likeness (QED) is 0.152. The molecule has 2 aliphatic rings. The number of aromatic nitrogens is 5. The van der Waals surface area contributed by atoms with Crippen molar-refractivity contribution >= 4 is 10.8 Å². The Morgan fingerprint density at radius 3 is 1.16 bits per heavy atom. The summed E-state index contributed by atoms with van der Waals surface area (Å²) in [7, 11) is 0. The first-order valence-electron chi connectivity index (χ1n) is 26.6. The number of hydrogen-bond donors (Lipinski definition) is 0. The highest BCUT2D eigenvalue weighted by atomic mass is 15.0. The highest BCUT2D eigenvalue weighted by molar-refractivity contribution is 6.09. The van der Waals surface area contributed by atoms with Gasteiger partial charge in [0.15, 0.2) is 23.3 Å². The zero-order valence-electron chi connectivity index (χ0n) is 43.7. The first kappa shape index (κ1) is 46.1. The lowest BCUT2D eigenvalue weighted by molar-refractivity contribution is 0.652. The predicted molar refractivity (Wildman–Crippen MR) is 316 cm³/mol. The van der Waals surface area contributed by atoms with Gasteiger partial charge >= 0.3 is 0 Å². The Hall–Kier alpha value is -9.45. The smallest absolute Gasteiger partial charge is 0.164 e. The molecule has 2 aromatic heterocycles. The van der Waals surface area contributed by atoms with Gasteiger partial charge in [-0.05, 0) is 109 Å². The van der Waals surface area contributed by atoms with Crippen LogP contribution in [-0.2, 0) is 10.8 Å². The van der Waals surface area contributed by atoms with Crippen LogP contribution in [-0.4, -0.2) is 24.9 Å². The number of nitrogens with zero attached hydrogens (tertiary/aromatic N) is 5. The average molecular weight is 988 g/mol. The first-order valence-corrected chi connectivity index (χ1v) is 26.6. The summed E-state index contributed by atoms with van der Waals surface area (Å²) in [6, 6.07) is 82.3. The van der Waals surface area contributed by atoms with Crippen LogP contribution in [0.15, 0.2) is 231 Å². The second-order valence-corrected chi connectivity index (χ2v) is 21.6. The molecule has 2 aliphatic carbocycles. The highest BCUT2D eigenvalue weighted by Crippen LogP contribution is 2.58. The molecule has 0 fully saturated rings. The Labute approximate surface area is 449 Å². The van der Waals surface area contributed by atoms with Crippen molar-refractivity contribution in [2.75, 3.05) is 0 Å². The Morgan fingerprint density at radius 1 is 0.260 bits per heavy atom. The van der Waals surface area contributed by atoms with Crippen molar-refractivity contribution in [1.82, 2.24) is 24.9 Å². The van der Waals surface area contributed by atoms with Crippen molar-refractivity contribution in [1.29, 1.82) is 0 Å². The van der Waals surface area contributed by atoms with E-state index in [0.717, 1.165) is 55.9 Å². The predicted octanol–water partition coefficient (Wildman–Crippen LogP) is 18.1. The Morgan fingerprint density at radius 2 is 0.623 bits per heavy atom. The van der Waals surface area contributed by atoms with E-state index >= 15 is 0 Å². The third kappa shape index (κ3) is 7.64. The third-order valence-electron chi connectivity index (χ3n) is 16.3. The van der Waals surface area contributed by atoms with E-state index in [-0.39, 0.29) is 10.8 Å². The molecule has 10 aromatic carbocycles. The maximum Gasteiger partial charge on any atom is 0.164 e. The topological polar surface area (TPSA) is 64.5 Å². The van der Waals surface area contributed by atoms with E-state index in [1.165, 1.54) is 72.0 Å². The molecule has 0 unspecified atom stereocenters. The van der Waals surface area contributed by atoms with Gasteiger partial charge in [-0.3, -0.25) is 0 Å². The van der Waals surface area contributed by atoms with Gasteiger partial charge in [-0.15, -0.1) is 0 Å². The number of fused-ring (bicyclic) bond motifs is 8. The zero-order valence-corrected chi connectivity index (χ0v) is 43.7. The number of benzene rings is 10. The van der Waals surface area contributed by atoms with E-state index in [1.807, 2.05) is 72.8 Å². The minimum atomic E-state index is -0.243. The van der Waals surface area contributed by atoms with Crippen LogP contribution >= 0.6 is 0 Å². The van der Waals surface area contributed by atoms with Gasteiger partial charge in [-0.25, -0.2) is 24.9 Å². The van der Waals surface area contributed by atoms with Crippen molar-refractivity contribution in [3.8, 4) is 113 Å². The fourth-order valence-electron chi connectivity index (χ4n) is 12.2. The molecule has 0 amide bonds. The summed E-state index contributed by atoms with van der Waals surface area (Å²) in [6.45, 7) is 11.7. The summed E-state index contributed by atoms with van der Waals surface area (Å²) < 4.78 is 0. The molecular formula is C72H53N5. The molecule has 5 nitrogen and oxygen atoms in total. The monoisotopic (exact) mass is 987 g/mol. The van der Waals surface area contributed by atoms with Crippen LogP contribution in [0.3, 0.4) is 0 Å². The van der Waals surface area contributed by atoms with Gasteiger partial charge in [-0.2, -0.15) is 0 Å². The van der Waals surface area contributed by atoms with Crippen molar-refractivity contribution < 1.29 is 0 Å². The second-order valence-electron chi connectivity index (χ2n) is 21.6. The summed E-state index contributed by atoms with van der Waals surface area (Å²) in [5.74, 6) is 2.67. The zero-order chi connectivity index (χ0) is 52.0. The summed E-state index contributed by atoms with van der Waals surface area (Å²) >= 11 is 0. The van der Waals surface area contributed by atoms with Crippen molar-refractivity contribution in [2.45, 2.75) is 45.4 Å². The fourth-order valence-corrected chi connectivity index (χ4v) is 12.2. The fraction of sp³-hybridized carbons (Fsp3) is 0.0972. The Kier molecular flexibility index (Phi) is 10.7. The van der Waals surface area contributed by atoms with Crippen LogP contribution < -0.4 is 0 Å². The molecule has 0 atom stereocenters. The third-order valence-corrected chi connectivity index (χ3v) is 16.3. The van der Waals surface area contributed by atoms with E-state index in [0.29, 0.717) is 23.3 Å². The van der Waals surface area contributed by atoms with Gasteiger partial charge in [0, 0.05) is 49.8 Å². The van der Waals surface area contributed by atoms with E-state index in [4.69, 9.17) is 24.9 Å². The molecule has 77 heavy (non-hydrogen) atoms. The van der Waals surface area contributed by atoms with E-state index in [1.54, 1.807) is 0 Å². The Bertz CT molecular complexity index is 4160. The average Bonchev–Trinajstić information content (AvgIpc) is 4.06. The molecule has 0 saturated heterocycles. The second kappa shape index (κ2) is 17.9. The molecular weight excluding hydrogens is 935 g/mol. The number of rotatable bonds is 8. The Balaban J connectivity index is 0.800. The molecule has 0 bridgehead atoms. The van der Waals surface area contributed by atoms with Gasteiger partial charge < -0.3 is 0 Å². The molecule has 5 heteroatoms. The first-order chi connectivity index (χ1) is 37.6. The van der Waals surface area contributed by atoms with E-state index in [2.05, 4.69) is 192 Å². The maximum absolute atomic E-state index is 5.22. The van der Waals surface area contributed by atoms with Gasteiger partial charge in [0.1, 0.15) is 0 Å². The summed E-state index contributed by atoms with van der Waals surface area (Å²) in [5.41, 5.74) is 24.0. The summed E-state index contributed by atoms with van der Waals surface area (Å²) in [4.78, 5) is 25.3. The molecule has 0 N–H and O–H groups in total. The maximum atomic E-state index is 5.22. The van der Waals surface area contributed by atoms with Crippen LogP contribution in [0.25, 0.3) is 123 Å². The largest absolute Gasteiger partial charge is 0.228 e. The molecule has 0 spiro atoms. The van der Waals surface area contributed by atoms with Gasteiger partial charge in [0.05, 0.1) is 11.4 Å². The minimum absolute atomic E-state index is 0.225. The standard InChI is InChI=1S/C72H53N5/c1-44-65(47-20-10-6-11-21-47)73-67(74-66(44)48-22-12-7-13-23-48)51-36-32-46(33-37-51)57-41-63-64(56-29-19-18-28-54(56)57)59-43-61-58(42-62(59)72(63,4)5)55-39-38-53(40-60(55)71(61,2)3)45-30-34-52(35-31-45)70-76-68(49-24-14-8-15-25-49)75-69(77-70)50-26-16-9-17-27-50/h6-43H,1-5H3. The molecule has 0 saturated carbocycles. The summed E-state index contributed by atoms with van der Waals surface area (Å²) in [6.07, 6.45) is 0. The molecule has 12 aromatic rings. The highest BCUT2D eigenvalue weighted by Gasteiger charge is 2.43. The van der Waals surface area contributed by atoms with Crippen molar-refractivity contribution in [2.24, 2.45) is 0 Å². The van der Waals surface area contributed by atoms with Gasteiger partial charge in [0.2, 0.25) is 0 Å². The molecule has 2 heterocycles. The lowest BCUT2D eigenvalue weighted by Gasteiger charge is -2.24. The number of hydrogen-bond acceptors (Lipinski definition) is 5. The van der Waals surface area contributed by atoms with E-state index < -0.39 is 0 Å². The molecule has 14 rings (SSSR count). The SMILES string of the molecule is Cc1c(-c2ccccc2)nc(-c2ccc(-c3cc4c(c5ccccc35)-c3cc5c(cc3C4(C)C)-c3ccc(-c4ccc(-c6nc(-c7ccccc7)nc(-c7ccccc7)n6)cc4)cc3C5(C)C)cc2)nc1-c1ccccc1. The normalized spacial score (nSPS) is 13.5. The van der Waals surface area contributed by atoms with E-state index in [9.17, 15) is 0 Å². The lowest BCUT2D eigenvalue weighted by Crippen LogP contribution is -2.17. The van der Waals surface area contributed by atoms with Crippen LogP contribution in [0.2, 0.25) is 0 Å². The van der Waals surface area contributed by atoms with Gasteiger partial charge in [-0.1, -0.05) is 234 Å². The molecule has 366 valence electrons. The van der Waals surface area contributed by atoms with Crippen molar-refractivity contribution in [3.63, 3.8) is 0 Å². The van der Waals surface area contributed by atoms with Crippen LogP contribution in [0, 0.1) is 6.92 Å². The minimum Gasteiger partial charge on any atom is -0.228 e. The van der Waals surface area contributed by atoms with Gasteiger partial charge in [0.25, 0.3) is 0 Å².